The molecule has 3 rings (SSSR count). The normalized spacial score (nSPS) is 18.1. The first-order chi connectivity index (χ1) is 11.9. The topological polar surface area (TPSA) is 65.9 Å². The van der Waals surface area contributed by atoms with Gasteiger partial charge in [0.1, 0.15) is 5.82 Å². The Morgan fingerprint density at radius 1 is 1.44 bits per heavy atom. The molecule has 0 radical (unpaired) electrons. The standard InChI is InChI=1S/C18H22ClN3O3/c1-12-3-5-15(19)14-4-6-16(20-18(12)14)22-7-8-25-13(10-22)9-21(2)11-17(23)24/h3-6,13H,7-11H2,1-2H3,(H,23,24). The van der Waals surface area contributed by atoms with Crippen molar-refractivity contribution in [1.82, 2.24) is 9.88 Å². The highest BCUT2D eigenvalue weighted by Gasteiger charge is 2.23. The summed E-state index contributed by atoms with van der Waals surface area (Å²) in [5, 5.41) is 10.5. The predicted molar refractivity (Wildman–Crippen MR) is 98.6 cm³/mol. The number of carbonyl (C=O) groups is 1. The summed E-state index contributed by atoms with van der Waals surface area (Å²) >= 11 is 6.26. The minimum atomic E-state index is -0.835. The smallest absolute Gasteiger partial charge is 0.317 e. The highest BCUT2D eigenvalue weighted by molar-refractivity contribution is 6.35. The SMILES string of the molecule is Cc1ccc(Cl)c2ccc(N3CCOC(CN(C)CC(=O)O)C3)nc12. The number of fused-ring (bicyclic) bond motifs is 1. The van der Waals surface area contributed by atoms with E-state index in [1.807, 2.05) is 31.2 Å². The van der Waals surface area contributed by atoms with Crippen LogP contribution >= 0.6 is 11.6 Å². The number of likely N-dealkylation sites (N-methyl/N-ethyl adjacent to an activating group) is 1. The van der Waals surface area contributed by atoms with Gasteiger partial charge in [-0.05, 0) is 37.7 Å². The molecule has 1 atom stereocenters. The summed E-state index contributed by atoms with van der Waals surface area (Å²) in [5.41, 5.74) is 2.00. The van der Waals surface area contributed by atoms with Crippen LogP contribution < -0.4 is 4.90 Å². The Kier molecular flexibility index (Phi) is 5.42. The first-order valence-electron chi connectivity index (χ1n) is 8.27. The van der Waals surface area contributed by atoms with E-state index in [0.29, 0.717) is 24.7 Å². The molecule has 0 aliphatic carbocycles. The van der Waals surface area contributed by atoms with Crippen molar-refractivity contribution in [2.24, 2.45) is 0 Å². The van der Waals surface area contributed by atoms with Crippen molar-refractivity contribution >= 4 is 34.3 Å². The van der Waals surface area contributed by atoms with Crippen LogP contribution in [-0.4, -0.2) is 66.9 Å². The van der Waals surface area contributed by atoms with E-state index in [-0.39, 0.29) is 12.6 Å². The number of ether oxygens (including phenoxy) is 1. The zero-order chi connectivity index (χ0) is 18.0. The van der Waals surface area contributed by atoms with Gasteiger partial charge in [0.25, 0.3) is 0 Å². The average Bonchev–Trinajstić information content (AvgIpc) is 2.57. The van der Waals surface area contributed by atoms with Gasteiger partial charge in [0.2, 0.25) is 0 Å². The van der Waals surface area contributed by atoms with Crippen molar-refractivity contribution in [1.29, 1.82) is 0 Å². The van der Waals surface area contributed by atoms with Crippen LogP contribution in [0.25, 0.3) is 10.9 Å². The van der Waals surface area contributed by atoms with Crippen LogP contribution in [0.15, 0.2) is 24.3 Å². The Balaban J connectivity index is 1.76. The van der Waals surface area contributed by atoms with Gasteiger partial charge in [-0.2, -0.15) is 0 Å². The van der Waals surface area contributed by atoms with Crippen molar-refractivity contribution in [2.45, 2.75) is 13.0 Å². The summed E-state index contributed by atoms with van der Waals surface area (Å²) in [5.74, 6) is 0.0609. The molecule has 1 fully saturated rings. The second kappa shape index (κ2) is 7.56. The third-order valence-electron chi connectivity index (χ3n) is 4.37. The molecule has 25 heavy (non-hydrogen) atoms. The molecule has 1 saturated heterocycles. The van der Waals surface area contributed by atoms with Crippen LogP contribution in [0.1, 0.15) is 5.56 Å². The molecule has 7 heteroatoms. The molecule has 1 aliphatic heterocycles. The maximum absolute atomic E-state index is 10.8. The predicted octanol–water partition coefficient (Wildman–Crippen LogP) is 2.42. The number of halogens is 1. The maximum Gasteiger partial charge on any atom is 0.317 e. The minimum Gasteiger partial charge on any atom is -0.480 e. The molecular weight excluding hydrogens is 342 g/mol. The molecule has 0 spiro atoms. The molecule has 2 aromatic rings. The van der Waals surface area contributed by atoms with E-state index < -0.39 is 5.97 Å². The van der Waals surface area contributed by atoms with Gasteiger partial charge in [0.05, 0.1) is 24.8 Å². The Hall–Kier alpha value is -1.89. The number of aromatic nitrogens is 1. The summed E-state index contributed by atoms with van der Waals surface area (Å²) in [6.45, 7) is 4.64. The van der Waals surface area contributed by atoms with E-state index in [2.05, 4.69) is 4.90 Å². The molecule has 1 aromatic heterocycles. The van der Waals surface area contributed by atoms with Gasteiger partial charge in [-0.3, -0.25) is 9.69 Å². The van der Waals surface area contributed by atoms with E-state index in [4.69, 9.17) is 26.4 Å². The number of rotatable bonds is 5. The third kappa shape index (κ3) is 4.21. The summed E-state index contributed by atoms with van der Waals surface area (Å²) in [6, 6.07) is 7.86. The lowest BCUT2D eigenvalue weighted by Gasteiger charge is -2.35. The number of nitrogens with zero attached hydrogens (tertiary/aromatic N) is 3. The van der Waals surface area contributed by atoms with Gasteiger partial charge in [0.15, 0.2) is 0 Å². The Labute approximate surface area is 152 Å². The van der Waals surface area contributed by atoms with Crippen molar-refractivity contribution in [3.63, 3.8) is 0 Å². The molecule has 1 aliphatic rings. The van der Waals surface area contributed by atoms with E-state index in [1.165, 1.54) is 0 Å². The zero-order valence-electron chi connectivity index (χ0n) is 14.4. The highest BCUT2D eigenvalue weighted by atomic mass is 35.5. The second-order valence-corrected chi connectivity index (χ2v) is 6.87. The van der Waals surface area contributed by atoms with E-state index in [1.54, 1.807) is 11.9 Å². The van der Waals surface area contributed by atoms with Gasteiger partial charge >= 0.3 is 5.97 Å². The number of hydrogen-bond acceptors (Lipinski definition) is 5. The second-order valence-electron chi connectivity index (χ2n) is 6.46. The number of anilines is 1. The Morgan fingerprint density at radius 3 is 3.00 bits per heavy atom. The minimum absolute atomic E-state index is 0.00573. The van der Waals surface area contributed by atoms with Gasteiger partial charge in [0, 0.05) is 30.0 Å². The van der Waals surface area contributed by atoms with Gasteiger partial charge < -0.3 is 14.7 Å². The van der Waals surface area contributed by atoms with Crippen molar-refractivity contribution in [3.05, 3.63) is 34.9 Å². The van der Waals surface area contributed by atoms with Crippen LogP contribution in [0.4, 0.5) is 5.82 Å². The molecule has 2 heterocycles. The number of carboxylic acids is 1. The Bertz CT molecular complexity index is 783. The number of aliphatic carboxylic acids is 1. The number of aryl methyl sites for hydroxylation is 1. The van der Waals surface area contributed by atoms with Gasteiger partial charge in [-0.1, -0.05) is 17.7 Å². The monoisotopic (exact) mass is 363 g/mol. The number of morpholine rings is 1. The van der Waals surface area contributed by atoms with Crippen LogP contribution in [0.2, 0.25) is 5.02 Å². The first kappa shape index (κ1) is 17.9. The summed E-state index contributed by atoms with van der Waals surface area (Å²) < 4.78 is 5.79. The first-order valence-corrected chi connectivity index (χ1v) is 8.64. The molecule has 1 unspecified atom stereocenters. The molecule has 0 saturated carbocycles. The molecule has 6 nitrogen and oxygen atoms in total. The van der Waals surface area contributed by atoms with Crippen LogP contribution in [-0.2, 0) is 9.53 Å². The van der Waals surface area contributed by atoms with Crippen molar-refractivity contribution in [2.75, 3.05) is 44.7 Å². The number of benzene rings is 1. The van der Waals surface area contributed by atoms with Crippen LogP contribution in [0.5, 0.6) is 0 Å². The molecule has 1 N–H and O–H groups in total. The lowest BCUT2D eigenvalue weighted by molar-refractivity contribution is -0.138. The molecule has 0 bridgehead atoms. The highest BCUT2D eigenvalue weighted by Crippen LogP contribution is 2.27. The molecule has 0 amide bonds. The summed E-state index contributed by atoms with van der Waals surface area (Å²) in [7, 11) is 1.79. The van der Waals surface area contributed by atoms with Crippen molar-refractivity contribution in [3.8, 4) is 0 Å². The average molecular weight is 364 g/mol. The van der Waals surface area contributed by atoms with Crippen LogP contribution in [0.3, 0.4) is 0 Å². The lowest BCUT2D eigenvalue weighted by atomic mass is 10.1. The third-order valence-corrected chi connectivity index (χ3v) is 4.70. The maximum atomic E-state index is 10.8. The number of carboxylic acid groups (broad SMARTS) is 1. The van der Waals surface area contributed by atoms with Crippen molar-refractivity contribution < 1.29 is 14.6 Å². The van der Waals surface area contributed by atoms with E-state index in [9.17, 15) is 4.79 Å². The fourth-order valence-corrected chi connectivity index (χ4v) is 3.38. The Morgan fingerprint density at radius 2 is 2.24 bits per heavy atom. The van der Waals surface area contributed by atoms with E-state index >= 15 is 0 Å². The molecule has 1 aromatic carbocycles. The van der Waals surface area contributed by atoms with E-state index in [0.717, 1.165) is 28.8 Å². The summed E-state index contributed by atoms with van der Waals surface area (Å²) in [6.07, 6.45) is -0.0453. The lowest BCUT2D eigenvalue weighted by Crippen LogP contribution is -2.48. The largest absolute Gasteiger partial charge is 0.480 e. The van der Waals surface area contributed by atoms with Crippen LogP contribution in [0, 0.1) is 6.92 Å². The fraction of sp³-hybridized carbons (Fsp3) is 0.444. The number of pyridine rings is 1. The van der Waals surface area contributed by atoms with Gasteiger partial charge in [-0.15, -0.1) is 0 Å². The zero-order valence-corrected chi connectivity index (χ0v) is 15.2. The quantitative estimate of drug-likeness (QED) is 0.880. The number of hydrogen-bond donors (Lipinski definition) is 1. The fourth-order valence-electron chi connectivity index (χ4n) is 3.17. The van der Waals surface area contributed by atoms with Gasteiger partial charge in [-0.25, -0.2) is 4.98 Å². The summed E-state index contributed by atoms with van der Waals surface area (Å²) in [4.78, 5) is 19.5. The molecule has 134 valence electrons. The molecular formula is C18H22ClN3O3.